The minimum absolute atomic E-state index is 0.0648. The second kappa shape index (κ2) is 8.01. The fraction of sp³-hybridized carbons (Fsp3) is 0.167. The maximum atomic E-state index is 12.4. The normalized spacial score (nSPS) is 10.5. The summed E-state index contributed by atoms with van der Waals surface area (Å²) in [5, 5.41) is 12.9. The molecule has 2 aromatic heterocycles. The van der Waals surface area contributed by atoms with Crippen molar-refractivity contribution in [2.45, 2.75) is 13.8 Å². The summed E-state index contributed by atoms with van der Waals surface area (Å²) in [4.78, 5) is 38.1. The van der Waals surface area contributed by atoms with Crippen LogP contribution in [0.2, 0.25) is 0 Å². The van der Waals surface area contributed by atoms with E-state index in [-0.39, 0.29) is 10.1 Å². The Balaban J connectivity index is 1.65. The Labute approximate surface area is 163 Å². The molecule has 1 N–H and O–H groups in total. The maximum absolute atomic E-state index is 12.4. The predicted molar refractivity (Wildman–Crippen MR) is 103 cm³/mol. The Bertz CT molecular complexity index is 1040. The van der Waals surface area contributed by atoms with Gasteiger partial charge in [0.1, 0.15) is 6.20 Å². The van der Waals surface area contributed by atoms with E-state index in [2.05, 4.69) is 10.3 Å². The number of para-hydroxylation sites is 1. The van der Waals surface area contributed by atoms with Crippen LogP contribution in [-0.2, 0) is 9.53 Å². The molecular formula is C18H16N4O5S. The van der Waals surface area contributed by atoms with Gasteiger partial charge >= 0.3 is 11.0 Å². The van der Waals surface area contributed by atoms with Crippen molar-refractivity contribution < 1.29 is 19.2 Å². The molecule has 144 valence electrons. The SMILES string of the molecule is Cc1cc(C(=O)OCC(=O)Nc2ncc([N+](=O)[O-])s2)c(C)n1-c1ccccc1. The number of nitro groups is 1. The van der Waals surface area contributed by atoms with Gasteiger partial charge < -0.3 is 9.30 Å². The number of benzene rings is 1. The summed E-state index contributed by atoms with van der Waals surface area (Å²) in [6.07, 6.45) is 1.05. The summed E-state index contributed by atoms with van der Waals surface area (Å²) in [5.41, 5.74) is 2.83. The van der Waals surface area contributed by atoms with E-state index in [4.69, 9.17) is 4.74 Å². The molecule has 0 atom stereocenters. The van der Waals surface area contributed by atoms with E-state index in [1.54, 1.807) is 13.0 Å². The molecule has 0 aliphatic rings. The largest absolute Gasteiger partial charge is 0.452 e. The van der Waals surface area contributed by atoms with Crippen LogP contribution in [0.1, 0.15) is 21.7 Å². The smallest absolute Gasteiger partial charge is 0.345 e. The number of hydrogen-bond acceptors (Lipinski definition) is 7. The van der Waals surface area contributed by atoms with Crippen molar-refractivity contribution >= 4 is 33.3 Å². The Morgan fingerprint density at radius 2 is 2.00 bits per heavy atom. The number of hydrogen-bond donors (Lipinski definition) is 1. The van der Waals surface area contributed by atoms with Crippen LogP contribution in [0.4, 0.5) is 10.1 Å². The first kappa shape index (κ1) is 19.2. The molecule has 0 bridgehead atoms. The van der Waals surface area contributed by atoms with Crippen LogP contribution in [0.15, 0.2) is 42.6 Å². The van der Waals surface area contributed by atoms with Crippen molar-refractivity contribution in [3.8, 4) is 5.69 Å². The number of ether oxygens (including phenoxy) is 1. The van der Waals surface area contributed by atoms with Crippen LogP contribution in [-0.4, -0.2) is 33.0 Å². The monoisotopic (exact) mass is 400 g/mol. The molecule has 0 spiro atoms. The number of anilines is 1. The number of carbonyl (C=O) groups is 2. The molecule has 1 amide bonds. The molecule has 0 saturated carbocycles. The highest BCUT2D eigenvalue weighted by Crippen LogP contribution is 2.25. The average molecular weight is 400 g/mol. The molecule has 0 aliphatic heterocycles. The number of amides is 1. The van der Waals surface area contributed by atoms with Crippen LogP contribution in [0.5, 0.6) is 0 Å². The molecule has 3 aromatic rings. The third-order valence-corrected chi connectivity index (χ3v) is 4.78. The number of rotatable bonds is 6. The van der Waals surface area contributed by atoms with E-state index in [9.17, 15) is 19.7 Å². The summed E-state index contributed by atoms with van der Waals surface area (Å²) in [5.74, 6) is -1.26. The Kier molecular flexibility index (Phi) is 5.50. The van der Waals surface area contributed by atoms with E-state index in [1.807, 2.05) is 41.8 Å². The van der Waals surface area contributed by atoms with E-state index in [1.165, 1.54) is 0 Å². The average Bonchev–Trinajstić information content (AvgIpc) is 3.25. The van der Waals surface area contributed by atoms with Crippen molar-refractivity contribution in [2.24, 2.45) is 0 Å². The first-order valence-electron chi connectivity index (χ1n) is 8.18. The molecule has 0 unspecified atom stereocenters. The number of aryl methyl sites for hydroxylation is 1. The lowest BCUT2D eigenvalue weighted by Gasteiger charge is -2.09. The molecule has 0 fully saturated rings. The summed E-state index contributed by atoms with van der Waals surface area (Å²) in [7, 11) is 0. The van der Waals surface area contributed by atoms with E-state index >= 15 is 0 Å². The number of aromatic nitrogens is 2. The Morgan fingerprint density at radius 3 is 2.64 bits per heavy atom. The Hall–Kier alpha value is -3.53. The standard InChI is InChI=1S/C18H16N4O5S/c1-11-8-14(12(2)21(11)13-6-4-3-5-7-13)17(24)27-10-15(23)20-18-19-9-16(28-18)22(25)26/h3-9H,10H2,1-2H3,(H,19,20,23). The van der Waals surface area contributed by atoms with Crippen molar-refractivity contribution in [1.29, 1.82) is 0 Å². The first-order valence-corrected chi connectivity index (χ1v) is 9.00. The molecule has 28 heavy (non-hydrogen) atoms. The van der Waals surface area contributed by atoms with Crippen LogP contribution in [0, 0.1) is 24.0 Å². The quantitative estimate of drug-likeness (QED) is 0.386. The van der Waals surface area contributed by atoms with Gasteiger partial charge in [0.15, 0.2) is 11.7 Å². The zero-order chi connectivity index (χ0) is 20.3. The highest BCUT2D eigenvalue weighted by molar-refractivity contribution is 7.18. The second-order valence-electron chi connectivity index (χ2n) is 5.84. The van der Waals surface area contributed by atoms with Gasteiger partial charge in [0.25, 0.3) is 5.91 Å². The molecule has 3 rings (SSSR count). The number of nitrogens with one attached hydrogen (secondary N) is 1. The molecule has 0 radical (unpaired) electrons. The van der Waals surface area contributed by atoms with Crippen molar-refractivity contribution in [2.75, 3.05) is 11.9 Å². The molecule has 2 heterocycles. The number of nitrogens with zero attached hydrogens (tertiary/aromatic N) is 3. The van der Waals surface area contributed by atoms with Gasteiger partial charge in [-0.05, 0) is 43.4 Å². The van der Waals surface area contributed by atoms with Gasteiger partial charge in [0.2, 0.25) is 0 Å². The zero-order valence-corrected chi connectivity index (χ0v) is 15.9. The van der Waals surface area contributed by atoms with Crippen LogP contribution >= 0.6 is 11.3 Å². The van der Waals surface area contributed by atoms with Gasteiger partial charge in [0.05, 0.1) is 10.5 Å². The zero-order valence-electron chi connectivity index (χ0n) is 15.0. The summed E-state index contributed by atoms with van der Waals surface area (Å²) in [6, 6.07) is 11.3. The summed E-state index contributed by atoms with van der Waals surface area (Å²) >= 11 is 0.719. The minimum atomic E-state index is -0.630. The molecular weight excluding hydrogens is 384 g/mol. The van der Waals surface area contributed by atoms with E-state index in [0.29, 0.717) is 11.3 Å². The molecule has 1 aromatic carbocycles. The van der Waals surface area contributed by atoms with Gasteiger partial charge in [-0.1, -0.05) is 18.2 Å². The first-order chi connectivity index (χ1) is 13.4. The highest BCUT2D eigenvalue weighted by atomic mass is 32.1. The lowest BCUT2D eigenvalue weighted by Crippen LogP contribution is -2.21. The van der Waals surface area contributed by atoms with Gasteiger partial charge in [-0.3, -0.25) is 20.2 Å². The van der Waals surface area contributed by atoms with Crippen LogP contribution < -0.4 is 5.32 Å². The molecule has 0 saturated heterocycles. The fourth-order valence-electron chi connectivity index (χ4n) is 2.72. The number of thiazole rings is 1. The highest BCUT2D eigenvalue weighted by Gasteiger charge is 2.19. The van der Waals surface area contributed by atoms with Gasteiger partial charge in [0, 0.05) is 17.1 Å². The molecule has 10 heteroatoms. The summed E-state index contributed by atoms with van der Waals surface area (Å²) < 4.78 is 7.00. The van der Waals surface area contributed by atoms with Crippen LogP contribution in [0.3, 0.4) is 0 Å². The lowest BCUT2D eigenvalue weighted by molar-refractivity contribution is -0.380. The van der Waals surface area contributed by atoms with Gasteiger partial charge in [-0.25, -0.2) is 9.78 Å². The van der Waals surface area contributed by atoms with Crippen LogP contribution in [0.25, 0.3) is 5.69 Å². The fourth-order valence-corrected chi connectivity index (χ4v) is 3.36. The van der Waals surface area contributed by atoms with E-state index < -0.39 is 23.4 Å². The minimum Gasteiger partial charge on any atom is -0.452 e. The molecule has 9 nitrogen and oxygen atoms in total. The maximum Gasteiger partial charge on any atom is 0.345 e. The van der Waals surface area contributed by atoms with Gasteiger partial charge in [-0.2, -0.15) is 0 Å². The third kappa shape index (κ3) is 4.07. The second-order valence-corrected chi connectivity index (χ2v) is 6.85. The predicted octanol–water partition coefficient (Wildman–Crippen LogP) is 3.25. The molecule has 0 aliphatic carbocycles. The number of carbonyl (C=O) groups excluding carboxylic acids is 2. The summed E-state index contributed by atoms with van der Waals surface area (Å²) in [6.45, 7) is 3.14. The Morgan fingerprint density at radius 1 is 1.29 bits per heavy atom. The lowest BCUT2D eigenvalue weighted by atomic mass is 10.2. The van der Waals surface area contributed by atoms with Gasteiger partial charge in [-0.15, -0.1) is 0 Å². The van der Waals surface area contributed by atoms with E-state index in [0.717, 1.165) is 28.9 Å². The topological polar surface area (TPSA) is 116 Å². The van der Waals surface area contributed by atoms with Crippen molar-refractivity contribution in [1.82, 2.24) is 9.55 Å². The van der Waals surface area contributed by atoms with Crippen molar-refractivity contribution in [3.05, 3.63) is 69.7 Å². The number of esters is 1. The van der Waals surface area contributed by atoms with Crippen molar-refractivity contribution in [3.63, 3.8) is 0 Å². The third-order valence-electron chi connectivity index (χ3n) is 3.92.